The van der Waals surface area contributed by atoms with Crippen LogP contribution < -0.4 is 10.6 Å². The maximum absolute atomic E-state index is 12.0. The van der Waals surface area contributed by atoms with E-state index in [1.165, 1.54) is 6.20 Å². The molecule has 0 aliphatic carbocycles. The Morgan fingerprint density at radius 3 is 2.81 bits per heavy atom. The Morgan fingerprint density at radius 1 is 1.43 bits per heavy atom. The van der Waals surface area contributed by atoms with E-state index in [4.69, 9.17) is 0 Å². The van der Waals surface area contributed by atoms with Crippen LogP contribution in [0.4, 0.5) is 5.82 Å². The number of nitrogens with zero attached hydrogens (tertiary/aromatic N) is 1. The lowest BCUT2D eigenvalue weighted by atomic mass is 10.2. The van der Waals surface area contributed by atoms with Crippen LogP contribution >= 0.6 is 0 Å². The highest BCUT2D eigenvalue weighted by atomic mass is 32.2. The highest BCUT2D eigenvalue weighted by molar-refractivity contribution is 7.92. The number of rotatable bonds is 6. The van der Waals surface area contributed by atoms with Gasteiger partial charge in [0.25, 0.3) is 5.91 Å². The molecule has 2 rings (SSSR count). The molecule has 1 amide bonds. The second kappa shape index (κ2) is 6.89. The fourth-order valence-corrected chi connectivity index (χ4v) is 4.05. The van der Waals surface area contributed by atoms with Crippen LogP contribution in [-0.2, 0) is 9.84 Å². The first-order valence-corrected chi connectivity index (χ1v) is 8.94. The predicted molar refractivity (Wildman–Crippen MR) is 82.2 cm³/mol. The van der Waals surface area contributed by atoms with Gasteiger partial charge in [-0.15, -0.1) is 0 Å². The molecule has 21 heavy (non-hydrogen) atoms. The summed E-state index contributed by atoms with van der Waals surface area (Å²) in [7, 11) is -3.02. The van der Waals surface area contributed by atoms with Gasteiger partial charge in [0.15, 0.2) is 9.84 Å². The third-order valence-electron chi connectivity index (χ3n) is 3.53. The molecule has 2 N–H and O–H groups in total. The monoisotopic (exact) mass is 311 g/mol. The SMILES string of the molecule is CCCNc1ccc(C(=O)NCC2CCCS2(=O)=O)cn1. The van der Waals surface area contributed by atoms with E-state index in [0.29, 0.717) is 18.4 Å². The highest BCUT2D eigenvalue weighted by Gasteiger charge is 2.31. The molecule has 1 fully saturated rings. The van der Waals surface area contributed by atoms with Crippen molar-refractivity contribution in [3.8, 4) is 0 Å². The van der Waals surface area contributed by atoms with Gasteiger partial charge < -0.3 is 10.6 Å². The highest BCUT2D eigenvalue weighted by Crippen LogP contribution is 2.19. The lowest BCUT2D eigenvalue weighted by molar-refractivity contribution is 0.0953. The van der Waals surface area contributed by atoms with Gasteiger partial charge >= 0.3 is 0 Å². The standard InChI is InChI=1S/C14H21N3O3S/c1-2-7-15-13-6-5-11(9-16-13)14(18)17-10-12-4-3-8-21(12,19)20/h5-6,9,12H,2-4,7-8,10H2,1H3,(H,15,16)(H,17,18). The maximum Gasteiger partial charge on any atom is 0.252 e. The van der Waals surface area contributed by atoms with Crippen LogP contribution in [-0.4, -0.2) is 43.4 Å². The number of carbonyl (C=O) groups excluding carboxylic acids is 1. The smallest absolute Gasteiger partial charge is 0.252 e. The second-order valence-corrected chi connectivity index (χ2v) is 7.60. The second-order valence-electron chi connectivity index (χ2n) is 5.20. The van der Waals surface area contributed by atoms with Gasteiger partial charge in [-0.25, -0.2) is 13.4 Å². The van der Waals surface area contributed by atoms with E-state index in [-0.39, 0.29) is 18.2 Å². The number of hydrogen-bond acceptors (Lipinski definition) is 5. The van der Waals surface area contributed by atoms with E-state index in [9.17, 15) is 13.2 Å². The van der Waals surface area contributed by atoms with Crippen molar-refractivity contribution in [2.75, 3.05) is 24.2 Å². The first-order chi connectivity index (χ1) is 10.0. The number of carbonyl (C=O) groups is 1. The molecular formula is C14H21N3O3S. The van der Waals surface area contributed by atoms with Gasteiger partial charge in [0, 0.05) is 19.3 Å². The van der Waals surface area contributed by atoms with Crippen LogP contribution in [0.25, 0.3) is 0 Å². The Bertz CT molecular complexity index is 584. The number of amides is 1. The van der Waals surface area contributed by atoms with E-state index in [1.54, 1.807) is 12.1 Å². The molecular weight excluding hydrogens is 290 g/mol. The first-order valence-electron chi connectivity index (χ1n) is 7.22. The zero-order valence-electron chi connectivity index (χ0n) is 12.1. The zero-order valence-corrected chi connectivity index (χ0v) is 12.9. The lowest BCUT2D eigenvalue weighted by Gasteiger charge is -2.11. The third-order valence-corrected chi connectivity index (χ3v) is 5.81. The van der Waals surface area contributed by atoms with Gasteiger partial charge in [-0.1, -0.05) is 6.92 Å². The zero-order chi connectivity index (χ0) is 15.3. The molecule has 0 bridgehead atoms. The summed E-state index contributed by atoms with van der Waals surface area (Å²) in [6.07, 6.45) is 3.80. The quantitative estimate of drug-likeness (QED) is 0.824. The molecule has 0 radical (unpaired) electrons. The molecule has 0 saturated carbocycles. The maximum atomic E-state index is 12.0. The Hall–Kier alpha value is -1.63. The molecule has 1 atom stereocenters. The molecule has 1 unspecified atom stereocenters. The summed E-state index contributed by atoms with van der Waals surface area (Å²) in [5, 5.41) is 5.36. The molecule has 0 aromatic carbocycles. The molecule has 1 aliphatic heterocycles. The van der Waals surface area contributed by atoms with Crippen LogP contribution in [0.2, 0.25) is 0 Å². The normalized spacial score (nSPS) is 20.1. The molecule has 116 valence electrons. The fraction of sp³-hybridized carbons (Fsp3) is 0.571. The Kier molecular flexibility index (Phi) is 5.17. The summed E-state index contributed by atoms with van der Waals surface area (Å²) >= 11 is 0. The number of pyridine rings is 1. The van der Waals surface area contributed by atoms with Crippen LogP contribution in [0.15, 0.2) is 18.3 Å². The van der Waals surface area contributed by atoms with Crippen molar-refractivity contribution in [1.29, 1.82) is 0 Å². The predicted octanol–water partition coefficient (Wildman–Crippen LogP) is 1.21. The third kappa shape index (κ3) is 4.17. The van der Waals surface area contributed by atoms with E-state index in [2.05, 4.69) is 22.5 Å². The largest absolute Gasteiger partial charge is 0.370 e. The fourth-order valence-electron chi connectivity index (χ4n) is 2.28. The van der Waals surface area contributed by atoms with Crippen molar-refractivity contribution in [1.82, 2.24) is 10.3 Å². The van der Waals surface area contributed by atoms with Crippen molar-refractivity contribution in [2.45, 2.75) is 31.4 Å². The van der Waals surface area contributed by atoms with Crippen LogP contribution in [0.5, 0.6) is 0 Å². The minimum Gasteiger partial charge on any atom is -0.370 e. The van der Waals surface area contributed by atoms with Crippen molar-refractivity contribution < 1.29 is 13.2 Å². The van der Waals surface area contributed by atoms with E-state index >= 15 is 0 Å². The summed E-state index contributed by atoms with van der Waals surface area (Å²) in [6.45, 7) is 3.07. The van der Waals surface area contributed by atoms with Crippen molar-refractivity contribution >= 4 is 21.6 Å². The van der Waals surface area contributed by atoms with Gasteiger partial charge in [-0.3, -0.25) is 4.79 Å². The van der Waals surface area contributed by atoms with Crippen molar-refractivity contribution in [3.05, 3.63) is 23.9 Å². The Labute approximate surface area is 125 Å². The minimum absolute atomic E-state index is 0.178. The molecule has 7 heteroatoms. The number of sulfone groups is 1. The summed E-state index contributed by atoms with van der Waals surface area (Å²) < 4.78 is 23.4. The van der Waals surface area contributed by atoms with Gasteiger partial charge in [0.1, 0.15) is 5.82 Å². The van der Waals surface area contributed by atoms with Gasteiger partial charge in [-0.2, -0.15) is 0 Å². The van der Waals surface area contributed by atoms with E-state index in [1.807, 2.05) is 0 Å². The van der Waals surface area contributed by atoms with Crippen LogP contribution in [0.1, 0.15) is 36.5 Å². The topological polar surface area (TPSA) is 88.2 Å². The molecule has 1 saturated heterocycles. The summed E-state index contributed by atoms with van der Waals surface area (Å²) in [4.78, 5) is 16.1. The molecule has 1 aromatic heterocycles. The average Bonchev–Trinajstić information content (AvgIpc) is 2.82. The molecule has 2 heterocycles. The first kappa shape index (κ1) is 15.8. The molecule has 6 nitrogen and oxygen atoms in total. The van der Waals surface area contributed by atoms with E-state index < -0.39 is 15.1 Å². The molecule has 1 aliphatic rings. The number of aromatic nitrogens is 1. The van der Waals surface area contributed by atoms with Crippen molar-refractivity contribution in [3.63, 3.8) is 0 Å². The van der Waals surface area contributed by atoms with E-state index in [0.717, 1.165) is 18.8 Å². The minimum atomic E-state index is -3.02. The summed E-state index contributed by atoms with van der Waals surface area (Å²) in [5.41, 5.74) is 0.437. The van der Waals surface area contributed by atoms with Crippen LogP contribution in [0.3, 0.4) is 0 Å². The molecule has 1 aromatic rings. The number of hydrogen-bond donors (Lipinski definition) is 2. The summed E-state index contributed by atoms with van der Waals surface area (Å²) in [6, 6.07) is 3.43. The summed E-state index contributed by atoms with van der Waals surface area (Å²) in [5.74, 6) is 0.672. The number of anilines is 1. The van der Waals surface area contributed by atoms with Gasteiger partial charge in [0.2, 0.25) is 0 Å². The Balaban J connectivity index is 1.88. The molecule has 0 spiro atoms. The van der Waals surface area contributed by atoms with Crippen molar-refractivity contribution in [2.24, 2.45) is 0 Å². The average molecular weight is 311 g/mol. The lowest BCUT2D eigenvalue weighted by Crippen LogP contribution is -2.34. The number of nitrogens with one attached hydrogen (secondary N) is 2. The van der Waals surface area contributed by atoms with Gasteiger partial charge in [0.05, 0.1) is 16.6 Å². The van der Waals surface area contributed by atoms with Gasteiger partial charge in [-0.05, 0) is 31.4 Å². The van der Waals surface area contributed by atoms with Crippen LogP contribution in [0, 0.1) is 0 Å². The Morgan fingerprint density at radius 2 is 2.24 bits per heavy atom.